The van der Waals surface area contributed by atoms with Crippen LogP contribution in [0, 0.1) is 0 Å². The first-order valence-electron chi connectivity index (χ1n) is 8.52. The van der Waals surface area contributed by atoms with Crippen molar-refractivity contribution in [2.75, 3.05) is 31.4 Å². The number of rotatable bonds is 8. The number of aromatic nitrogens is 2. The van der Waals surface area contributed by atoms with Crippen molar-refractivity contribution in [1.29, 1.82) is 0 Å². The molecular weight excluding hydrogens is 340 g/mol. The highest BCUT2D eigenvalue weighted by molar-refractivity contribution is 5.66. The summed E-state index contributed by atoms with van der Waals surface area (Å²) in [6, 6.07) is 17.3. The Labute approximate surface area is 158 Å². The molecule has 0 atom stereocenters. The maximum atomic E-state index is 5.36. The highest BCUT2D eigenvalue weighted by Gasteiger charge is 2.09. The van der Waals surface area contributed by atoms with Crippen molar-refractivity contribution in [3.63, 3.8) is 0 Å². The Morgan fingerprint density at radius 1 is 0.926 bits per heavy atom. The van der Waals surface area contributed by atoms with E-state index in [9.17, 15) is 0 Å². The zero-order valence-electron chi connectivity index (χ0n) is 15.4. The number of hydrogen-bond donors (Lipinski definition) is 2. The fraction of sp³-hybridized carbons (Fsp3) is 0.143. The van der Waals surface area contributed by atoms with Crippen LogP contribution in [0.1, 0.15) is 0 Å². The zero-order valence-corrected chi connectivity index (χ0v) is 15.4. The molecule has 0 unspecified atom stereocenters. The number of methoxy groups -OCH3 is 2. The minimum Gasteiger partial charge on any atom is -0.493 e. The average molecular weight is 362 g/mol. The molecule has 0 saturated carbocycles. The number of ether oxygens (including phenoxy) is 2. The Hall–Kier alpha value is -3.54. The van der Waals surface area contributed by atoms with Gasteiger partial charge in [-0.05, 0) is 12.1 Å². The third-order valence-corrected chi connectivity index (χ3v) is 3.84. The molecule has 2 aromatic carbocycles. The van der Waals surface area contributed by atoms with Crippen molar-refractivity contribution in [1.82, 2.24) is 9.97 Å². The number of hydrogen-bond acceptors (Lipinski definition) is 6. The molecule has 0 amide bonds. The van der Waals surface area contributed by atoms with E-state index in [1.165, 1.54) is 0 Å². The van der Waals surface area contributed by atoms with Crippen LogP contribution in [0.15, 0.2) is 67.3 Å². The lowest BCUT2D eigenvalue weighted by Crippen LogP contribution is -2.05. The van der Waals surface area contributed by atoms with E-state index in [0.717, 1.165) is 11.3 Å². The zero-order chi connectivity index (χ0) is 19.1. The molecule has 1 aromatic heterocycles. The minimum absolute atomic E-state index is 0.612. The lowest BCUT2D eigenvalue weighted by atomic mass is 10.2. The van der Waals surface area contributed by atoms with Crippen LogP contribution in [0.3, 0.4) is 0 Å². The summed E-state index contributed by atoms with van der Waals surface area (Å²) in [5.74, 6) is 3.33. The molecule has 138 valence electrons. The normalized spacial score (nSPS) is 10.1. The van der Waals surface area contributed by atoms with Crippen LogP contribution in [0.2, 0.25) is 0 Å². The molecule has 0 spiro atoms. The molecule has 1 heterocycles. The second-order valence-electron chi connectivity index (χ2n) is 5.69. The molecule has 0 radical (unpaired) electrons. The van der Waals surface area contributed by atoms with Crippen LogP contribution >= 0.6 is 0 Å². The minimum atomic E-state index is 0.612. The molecule has 0 aliphatic rings. The lowest BCUT2D eigenvalue weighted by Gasteiger charge is -2.13. The van der Waals surface area contributed by atoms with Crippen LogP contribution in [-0.4, -0.2) is 30.7 Å². The molecule has 27 heavy (non-hydrogen) atoms. The van der Waals surface area contributed by atoms with Gasteiger partial charge in [0.2, 0.25) is 0 Å². The Morgan fingerprint density at radius 2 is 1.67 bits per heavy atom. The van der Waals surface area contributed by atoms with Crippen LogP contribution in [0.5, 0.6) is 11.5 Å². The fourth-order valence-corrected chi connectivity index (χ4v) is 2.56. The summed E-state index contributed by atoms with van der Waals surface area (Å²) >= 11 is 0. The van der Waals surface area contributed by atoms with E-state index in [1.54, 1.807) is 20.3 Å². The van der Waals surface area contributed by atoms with E-state index >= 15 is 0 Å². The van der Waals surface area contributed by atoms with Gasteiger partial charge in [-0.1, -0.05) is 36.4 Å². The van der Waals surface area contributed by atoms with Gasteiger partial charge in [-0.3, -0.25) is 0 Å². The van der Waals surface area contributed by atoms with Crippen molar-refractivity contribution in [3.8, 4) is 22.9 Å². The van der Waals surface area contributed by atoms with Crippen molar-refractivity contribution in [2.24, 2.45) is 0 Å². The van der Waals surface area contributed by atoms with E-state index in [0.29, 0.717) is 35.5 Å². The van der Waals surface area contributed by atoms with Crippen molar-refractivity contribution < 1.29 is 9.47 Å². The first-order valence-corrected chi connectivity index (χ1v) is 8.52. The van der Waals surface area contributed by atoms with E-state index in [2.05, 4.69) is 27.2 Å². The van der Waals surface area contributed by atoms with Gasteiger partial charge in [0.25, 0.3) is 0 Å². The predicted octanol–water partition coefficient (Wildman–Crippen LogP) is 4.50. The van der Waals surface area contributed by atoms with Gasteiger partial charge in [-0.2, -0.15) is 0 Å². The van der Waals surface area contributed by atoms with Gasteiger partial charge in [-0.25, -0.2) is 9.97 Å². The van der Waals surface area contributed by atoms with Gasteiger partial charge in [0.1, 0.15) is 11.6 Å². The molecule has 6 heteroatoms. The summed E-state index contributed by atoms with van der Waals surface area (Å²) in [4.78, 5) is 9.23. The maximum Gasteiger partial charge on any atom is 0.163 e. The summed E-state index contributed by atoms with van der Waals surface area (Å²) in [6.07, 6.45) is 1.78. The molecule has 0 bridgehead atoms. The van der Waals surface area contributed by atoms with E-state index in [4.69, 9.17) is 9.47 Å². The van der Waals surface area contributed by atoms with Crippen LogP contribution < -0.4 is 20.1 Å². The second kappa shape index (κ2) is 8.71. The predicted molar refractivity (Wildman–Crippen MR) is 109 cm³/mol. The molecule has 6 nitrogen and oxygen atoms in total. The fourth-order valence-electron chi connectivity index (χ4n) is 2.56. The Balaban J connectivity index is 1.95. The van der Waals surface area contributed by atoms with Gasteiger partial charge in [0.15, 0.2) is 17.3 Å². The summed E-state index contributed by atoms with van der Waals surface area (Å²) < 4.78 is 10.6. The largest absolute Gasteiger partial charge is 0.493 e. The Morgan fingerprint density at radius 3 is 2.37 bits per heavy atom. The molecular formula is C21H22N4O2. The van der Waals surface area contributed by atoms with E-state index < -0.39 is 0 Å². The number of nitrogens with zero attached hydrogens (tertiary/aromatic N) is 2. The quantitative estimate of drug-likeness (QED) is 0.575. The molecule has 0 fully saturated rings. The highest BCUT2D eigenvalue weighted by Crippen LogP contribution is 2.31. The molecule has 3 aromatic rings. The monoisotopic (exact) mass is 362 g/mol. The molecule has 2 N–H and O–H groups in total. The number of benzene rings is 2. The summed E-state index contributed by atoms with van der Waals surface area (Å²) in [5.41, 5.74) is 1.77. The van der Waals surface area contributed by atoms with Gasteiger partial charge in [0.05, 0.1) is 14.2 Å². The van der Waals surface area contributed by atoms with Crippen LogP contribution in [0.25, 0.3) is 11.4 Å². The SMILES string of the molecule is C=CCNc1cc(Nc2ccc(OC)c(OC)c2)nc(-c2ccccc2)n1. The van der Waals surface area contributed by atoms with E-state index in [-0.39, 0.29) is 0 Å². The third kappa shape index (κ3) is 4.55. The van der Waals surface area contributed by atoms with Gasteiger partial charge in [-0.15, -0.1) is 6.58 Å². The second-order valence-corrected chi connectivity index (χ2v) is 5.69. The molecule has 0 aliphatic carbocycles. The Kier molecular flexibility index (Phi) is 5.89. The van der Waals surface area contributed by atoms with Crippen LogP contribution in [-0.2, 0) is 0 Å². The van der Waals surface area contributed by atoms with Crippen molar-refractivity contribution >= 4 is 17.3 Å². The summed E-state index contributed by atoms with van der Waals surface area (Å²) in [6.45, 7) is 4.35. The standard InChI is InChI=1S/C21H22N4O2/c1-4-12-22-19-14-20(25-21(24-19)15-8-6-5-7-9-15)23-16-10-11-17(26-2)18(13-16)27-3/h4-11,13-14H,1,12H2,2-3H3,(H2,22,23,24,25). The van der Waals surface area contributed by atoms with Gasteiger partial charge >= 0.3 is 0 Å². The topological polar surface area (TPSA) is 68.3 Å². The van der Waals surface area contributed by atoms with Crippen molar-refractivity contribution in [3.05, 3.63) is 67.3 Å². The highest BCUT2D eigenvalue weighted by atomic mass is 16.5. The molecule has 0 aliphatic heterocycles. The molecule has 0 saturated heterocycles. The first kappa shape index (κ1) is 18.3. The van der Waals surface area contributed by atoms with E-state index in [1.807, 2.05) is 54.6 Å². The Bertz CT molecular complexity index is 913. The first-order chi connectivity index (χ1) is 13.2. The summed E-state index contributed by atoms with van der Waals surface area (Å²) in [7, 11) is 3.22. The molecule has 3 rings (SSSR count). The number of nitrogens with one attached hydrogen (secondary N) is 2. The van der Waals surface area contributed by atoms with Crippen molar-refractivity contribution in [2.45, 2.75) is 0 Å². The van der Waals surface area contributed by atoms with Gasteiger partial charge < -0.3 is 20.1 Å². The summed E-state index contributed by atoms with van der Waals surface area (Å²) in [5, 5.41) is 6.52. The maximum absolute atomic E-state index is 5.36. The third-order valence-electron chi connectivity index (χ3n) is 3.84. The van der Waals surface area contributed by atoms with Gasteiger partial charge in [0, 0.05) is 29.9 Å². The average Bonchev–Trinajstić information content (AvgIpc) is 2.72. The lowest BCUT2D eigenvalue weighted by molar-refractivity contribution is 0.355. The van der Waals surface area contributed by atoms with Crippen LogP contribution in [0.4, 0.5) is 17.3 Å². The number of anilines is 3. The smallest absolute Gasteiger partial charge is 0.163 e.